The largest absolute Gasteiger partial charge is 0.143 e. The lowest BCUT2D eigenvalue weighted by Gasteiger charge is -2.09. The predicted molar refractivity (Wildman–Crippen MR) is 55.2 cm³/mol. The van der Waals surface area contributed by atoms with Gasteiger partial charge in [0.1, 0.15) is 0 Å². The van der Waals surface area contributed by atoms with E-state index in [2.05, 4.69) is 46.0 Å². The van der Waals surface area contributed by atoms with Crippen LogP contribution in [0.15, 0.2) is 15.9 Å². The first kappa shape index (κ1) is 9.01. The molecule has 0 aromatic heterocycles. The standard InChI is InChI=1S/C9H12S2/c1-5-6(2)8(10)4-9(11)7(5)3/h4,10-11H,1-3H3. The van der Waals surface area contributed by atoms with Gasteiger partial charge in [-0.05, 0) is 43.5 Å². The minimum Gasteiger partial charge on any atom is -0.143 e. The number of rotatable bonds is 0. The second-order valence-corrected chi connectivity index (χ2v) is 3.75. The van der Waals surface area contributed by atoms with Crippen LogP contribution in [0, 0.1) is 20.8 Å². The predicted octanol–water partition coefficient (Wildman–Crippen LogP) is 3.19. The quantitative estimate of drug-likeness (QED) is 0.568. The Bertz CT molecular complexity index is 264. The highest BCUT2D eigenvalue weighted by atomic mass is 32.1. The monoisotopic (exact) mass is 184 g/mol. The molecule has 2 heteroatoms. The maximum atomic E-state index is 4.34. The van der Waals surface area contributed by atoms with Crippen molar-refractivity contribution >= 4 is 25.3 Å². The van der Waals surface area contributed by atoms with Crippen LogP contribution in [0.3, 0.4) is 0 Å². The Hall–Kier alpha value is -0.0800. The minimum absolute atomic E-state index is 1.03. The minimum atomic E-state index is 1.03. The molecule has 0 aliphatic rings. The summed E-state index contributed by atoms with van der Waals surface area (Å²) in [5.41, 5.74) is 3.80. The van der Waals surface area contributed by atoms with E-state index in [-0.39, 0.29) is 0 Å². The van der Waals surface area contributed by atoms with Crippen molar-refractivity contribution in [3.8, 4) is 0 Å². The topological polar surface area (TPSA) is 0 Å². The molecule has 0 N–H and O–H groups in total. The molecule has 0 amide bonds. The summed E-state index contributed by atoms with van der Waals surface area (Å²) in [6.07, 6.45) is 0. The van der Waals surface area contributed by atoms with Crippen LogP contribution in [-0.4, -0.2) is 0 Å². The van der Waals surface area contributed by atoms with Crippen molar-refractivity contribution in [2.75, 3.05) is 0 Å². The van der Waals surface area contributed by atoms with Crippen LogP contribution >= 0.6 is 25.3 Å². The molecule has 0 aliphatic heterocycles. The molecule has 1 aromatic rings. The normalized spacial score (nSPS) is 10.3. The van der Waals surface area contributed by atoms with Crippen LogP contribution < -0.4 is 0 Å². The summed E-state index contributed by atoms with van der Waals surface area (Å²) in [7, 11) is 0. The summed E-state index contributed by atoms with van der Waals surface area (Å²) >= 11 is 8.67. The van der Waals surface area contributed by atoms with Gasteiger partial charge in [0.15, 0.2) is 0 Å². The van der Waals surface area contributed by atoms with Crippen LogP contribution in [0.4, 0.5) is 0 Å². The second-order valence-electron chi connectivity index (χ2n) is 2.79. The molecule has 0 nitrogen and oxygen atoms in total. The fraction of sp³-hybridized carbons (Fsp3) is 0.333. The molecule has 1 aromatic carbocycles. The van der Waals surface area contributed by atoms with Gasteiger partial charge in [0.2, 0.25) is 0 Å². The smallest absolute Gasteiger partial charge is 0.00831 e. The molecule has 1 rings (SSSR count). The number of thiol groups is 2. The van der Waals surface area contributed by atoms with Crippen LogP contribution in [0.25, 0.3) is 0 Å². The van der Waals surface area contributed by atoms with Crippen LogP contribution in [0.1, 0.15) is 16.7 Å². The third-order valence-corrected chi connectivity index (χ3v) is 3.10. The third-order valence-electron chi connectivity index (χ3n) is 2.17. The van der Waals surface area contributed by atoms with E-state index in [4.69, 9.17) is 0 Å². The van der Waals surface area contributed by atoms with E-state index >= 15 is 0 Å². The van der Waals surface area contributed by atoms with E-state index in [0.29, 0.717) is 0 Å². The fourth-order valence-electron chi connectivity index (χ4n) is 1.01. The molecule has 0 radical (unpaired) electrons. The maximum absolute atomic E-state index is 4.34. The van der Waals surface area contributed by atoms with Crippen molar-refractivity contribution in [3.05, 3.63) is 22.8 Å². The van der Waals surface area contributed by atoms with Crippen molar-refractivity contribution in [1.29, 1.82) is 0 Å². The molecule has 0 spiro atoms. The Morgan fingerprint density at radius 1 is 0.818 bits per heavy atom. The van der Waals surface area contributed by atoms with Crippen LogP contribution in [0.2, 0.25) is 0 Å². The van der Waals surface area contributed by atoms with Crippen molar-refractivity contribution in [3.63, 3.8) is 0 Å². The summed E-state index contributed by atoms with van der Waals surface area (Å²) in [5, 5.41) is 0. The van der Waals surface area contributed by atoms with Gasteiger partial charge in [-0.25, -0.2) is 0 Å². The molecule has 60 valence electrons. The molecule has 0 unspecified atom stereocenters. The Kier molecular flexibility index (Phi) is 2.55. The SMILES string of the molecule is Cc1c(S)cc(S)c(C)c1C. The molecule has 0 heterocycles. The maximum Gasteiger partial charge on any atom is 0.00831 e. The van der Waals surface area contributed by atoms with E-state index in [0.717, 1.165) is 9.79 Å². The fourth-order valence-corrected chi connectivity index (χ4v) is 1.71. The van der Waals surface area contributed by atoms with Gasteiger partial charge in [-0.2, -0.15) is 0 Å². The number of hydrogen-bond donors (Lipinski definition) is 2. The van der Waals surface area contributed by atoms with Gasteiger partial charge >= 0.3 is 0 Å². The van der Waals surface area contributed by atoms with E-state index in [9.17, 15) is 0 Å². The Morgan fingerprint density at radius 2 is 1.18 bits per heavy atom. The van der Waals surface area contributed by atoms with E-state index in [1.807, 2.05) is 6.07 Å². The molecule has 0 aliphatic carbocycles. The molecule has 11 heavy (non-hydrogen) atoms. The Labute approximate surface area is 78.8 Å². The molecule has 0 atom stereocenters. The van der Waals surface area contributed by atoms with Gasteiger partial charge in [-0.3, -0.25) is 0 Å². The summed E-state index contributed by atoms with van der Waals surface area (Å²) in [6, 6.07) is 1.99. The van der Waals surface area contributed by atoms with Crippen molar-refractivity contribution in [2.24, 2.45) is 0 Å². The lowest BCUT2D eigenvalue weighted by Crippen LogP contribution is -1.89. The summed E-state index contributed by atoms with van der Waals surface area (Å²) < 4.78 is 0. The van der Waals surface area contributed by atoms with Gasteiger partial charge in [0.25, 0.3) is 0 Å². The highest BCUT2D eigenvalue weighted by Crippen LogP contribution is 2.25. The van der Waals surface area contributed by atoms with Gasteiger partial charge in [-0.1, -0.05) is 0 Å². The van der Waals surface area contributed by atoms with Gasteiger partial charge in [0.05, 0.1) is 0 Å². The molecule has 0 saturated carbocycles. The lowest BCUT2D eigenvalue weighted by molar-refractivity contribution is 1.12. The van der Waals surface area contributed by atoms with Crippen molar-refractivity contribution < 1.29 is 0 Å². The first-order valence-corrected chi connectivity index (χ1v) is 4.42. The van der Waals surface area contributed by atoms with E-state index in [1.165, 1.54) is 16.7 Å². The Morgan fingerprint density at radius 3 is 1.55 bits per heavy atom. The molecular formula is C9H12S2. The molecule has 0 saturated heterocycles. The number of hydrogen-bond acceptors (Lipinski definition) is 2. The third kappa shape index (κ3) is 1.57. The second kappa shape index (κ2) is 3.11. The summed E-state index contributed by atoms with van der Waals surface area (Å²) in [6.45, 7) is 6.26. The first-order valence-electron chi connectivity index (χ1n) is 3.52. The summed E-state index contributed by atoms with van der Waals surface area (Å²) in [4.78, 5) is 2.05. The average molecular weight is 184 g/mol. The molecular weight excluding hydrogens is 172 g/mol. The van der Waals surface area contributed by atoms with Crippen molar-refractivity contribution in [1.82, 2.24) is 0 Å². The van der Waals surface area contributed by atoms with E-state index in [1.54, 1.807) is 0 Å². The molecule has 0 bridgehead atoms. The Balaban J connectivity index is 3.46. The van der Waals surface area contributed by atoms with Gasteiger partial charge in [0, 0.05) is 9.79 Å². The zero-order chi connectivity index (χ0) is 8.59. The lowest BCUT2D eigenvalue weighted by atomic mass is 10.0. The van der Waals surface area contributed by atoms with Crippen LogP contribution in [-0.2, 0) is 0 Å². The molecule has 0 fully saturated rings. The average Bonchev–Trinajstić information content (AvgIpc) is 1.97. The number of benzene rings is 1. The summed E-state index contributed by atoms with van der Waals surface area (Å²) in [5.74, 6) is 0. The van der Waals surface area contributed by atoms with Crippen LogP contribution in [0.5, 0.6) is 0 Å². The first-order chi connectivity index (χ1) is 5.04. The highest BCUT2D eigenvalue weighted by Gasteiger charge is 2.03. The van der Waals surface area contributed by atoms with E-state index < -0.39 is 0 Å². The van der Waals surface area contributed by atoms with Gasteiger partial charge in [-0.15, -0.1) is 25.3 Å². The zero-order valence-electron chi connectivity index (χ0n) is 6.97. The highest BCUT2D eigenvalue weighted by molar-refractivity contribution is 7.81. The zero-order valence-corrected chi connectivity index (χ0v) is 8.76. The van der Waals surface area contributed by atoms with Crippen molar-refractivity contribution in [2.45, 2.75) is 30.6 Å². The van der Waals surface area contributed by atoms with Gasteiger partial charge < -0.3 is 0 Å².